The average Bonchev–Trinajstić information content (AvgIpc) is 1.46. The maximum Gasteiger partial charge on any atom is 0.0541 e. The third-order valence-corrected chi connectivity index (χ3v) is 25.9. The first-order chi connectivity index (χ1) is 55.2. The molecule has 0 spiro atoms. The van der Waals surface area contributed by atoms with E-state index in [0.29, 0.717) is 0 Å². The number of fused-ring (bicyclic) bond motifs is 17. The first-order valence-corrected chi connectivity index (χ1v) is 40.4. The van der Waals surface area contributed by atoms with Crippen LogP contribution in [0.3, 0.4) is 0 Å². The van der Waals surface area contributed by atoms with Crippen LogP contribution in [0, 0.1) is 0 Å². The quantitative estimate of drug-likeness (QED) is 0.134. The Morgan fingerprint density at radius 3 is 1.04 bits per heavy atom. The molecular weight excluding hydrogens is 1390 g/mol. The fourth-order valence-electron chi connectivity index (χ4n) is 18.3. The van der Waals surface area contributed by atoms with Crippen molar-refractivity contribution >= 4 is 160 Å². The summed E-state index contributed by atoms with van der Waals surface area (Å²) in [6.45, 7) is 6.92. The zero-order chi connectivity index (χ0) is 74.3. The van der Waals surface area contributed by atoms with Gasteiger partial charge in [-0.05, 0) is 217 Å². The van der Waals surface area contributed by atoms with Gasteiger partial charge in [-0.1, -0.05) is 318 Å². The lowest BCUT2D eigenvalue weighted by molar-refractivity contribution is 0.591. The summed E-state index contributed by atoms with van der Waals surface area (Å²) in [5, 5.41) is 23.1. The van der Waals surface area contributed by atoms with Gasteiger partial charge in [-0.15, -0.1) is 22.7 Å². The highest BCUT2D eigenvalue weighted by atomic mass is 32.1. The summed E-state index contributed by atoms with van der Waals surface area (Å²) in [4.78, 5) is 0. The van der Waals surface area contributed by atoms with Gasteiger partial charge in [0, 0.05) is 73.3 Å². The highest BCUT2D eigenvalue weighted by Gasteiger charge is 2.24. The molecule has 0 aliphatic carbocycles. The predicted octanol–water partition coefficient (Wildman–Crippen LogP) is 31.4. The van der Waals surface area contributed by atoms with E-state index in [1.807, 2.05) is 22.7 Å². The maximum atomic E-state index is 2.45. The van der Waals surface area contributed by atoms with Crippen LogP contribution in [-0.4, -0.2) is 9.13 Å². The Labute approximate surface area is 656 Å². The highest BCUT2D eigenvalue weighted by molar-refractivity contribution is 7.26. The van der Waals surface area contributed by atoms with Gasteiger partial charge in [-0.2, -0.15) is 0 Å². The molecule has 0 unspecified atom stereocenters. The number of aromatic nitrogens is 2. The van der Waals surface area contributed by atoms with Crippen molar-refractivity contribution in [1.29, 1.82) is 0 Å². The molecule has 4 heteroatoms. The number of hydrogen-bond acceptors (Lipinski definition) is 2. The van der Waals surface area contributed by atoms with Crippen LogP contribution in [0.1, 0.15) is 26.3 Å². The normalized spacial score (nSPS) is 12.1. The number of hydrogen-bond donors (Lipinski definition) is 0. The maximum absolute atomic E-state index is 2.45. The third-order valence-electron chi connectivity index (χ3n) is 23.5. The standard InChI is InChI=1S/C54H33NS.C54H39NS/c1-2-13-34(14-3-1)52-43-17-4-6-19-45(43)53(46-20-7-5-18-44(46)52)38-26-25-36-32-39(29-27-35(36)31-38)55-49-23-10-8-15-41(49)48-33-37(28-30-50(48)55)40-21-12-22-47-42-16-9-11-24-51(42)56-54(40)47;1-54(2,3)37-27-30-44-47(33-37)52(43-19-8-7-18-42(43)51(44)34-14-5-4-6-15-34)35-24-28-38(29-25-35)55-48-22-11-9-16-40(48)46-32-36(26-31-49(46)55)39-20-13-21-45-41-17-10-12-23-50(41)56-53(39)45/h1-33H;4-33H,1-3H3. The minimum atomic E-state index is 0.0225. The smallest absolute Gasteiger partial charge is 0.0541 e. The summed E-state index contributed by atoms with van der Waals surface area (Å²) in [6, 6.07) is 142. The molecule has 0 radical (unpaired) electrons. The van der Waals surface area contributed by atoms with E-state index >= 15 is 0 Å². The lowest BCUT2D eigenvalue weighted by Crippen LogP contribution is -2.10. The molecular formula is C108H72N2S2. The monoisotopic (exact) mass is 1460 g/mol. The lowest BCUT2D eigenvalue weighted by atomic mass is 9.81. The fraction of sp³-hybridized carbons (Fsp3) is 0.0370. The molecule has 2 nitrogen and oxygen atoms in total. The van der Waals surface area contributed by atoms with Crippen LogP contribution in [-0.2, 0) is 5.41 Å². The number of thiophene rings is 2. The summed E-state index contributed by atoms with van der Waals surface area (Å²) in [6.07, 6.45) is 0. The van der Waals surface area contributed by atoms with Crippen LogP contribution in [0.4, 0.5) is 0 Å². The predicted molar refractivity (Wildman–Crippen MR) is 486 cm³/mol. The van der Waals surface area contributed by atoms with Crippen molar-refractivity contribution in [1.82, 2.24) is 9.13 Å². The molecule has 0 bridgehead atoms. The average molecular weight is 1460 g/mol. The lowest BCUT2D eigenvalue weighted by Gasteiger charge is -2.23. The molecule has 23 rings (SSSR count). The van der Waals surface area contributed by atoms with Crippen LogP contribution >= 0.6 is 22.7 Å². The van der Waals surface area contributed by atoms with Gasteiger partial charge < -0.3 is 9.13 Å². The molecule has 0 aliphatic rings. The zero-order valence-electron chi connectivity index (χ0n) is 62.1. The first-order valence-electron chi connectivity index (χ1n) is 38.8. The summed E-state index contributed by atoms with van der Waals surface area (Å²) in [5.74, 6) is 0. The van der Waals surface area contributed by atoms with Crippen molar-refractivity contribution in [2.24, 2.45) is 0 Å². The minimum Gasteiger partial charge on any atom is -0.309 e. The van der Waals surface area contributed by atoms with Crippen molar-refractivity contribution in [3.05, 3.63) is 388 Å². The Morgan fingerprint density at radius 1 is 0.205 bits per heavy atom. The molecule has 23 aromatic rings. The van der Waals surface area contributed by atoms with Crippen LogP contribution in [0.15, 0.2) is 382 Å². The number of rotatable bonds is 8. The topological polar surface area (TPSA) is 9.86 Å². The second kappa shape index (κ2) is 26.1. The first kappa shape index (κ1) is 65.6. The molecule has 112 heavy (non-hydrogen) atoms. The molecule has 0 saturated carbocycles. The van der Waals surface area contributed by atoms with E-state index in [1.54, 1.807) is 0 Å². The number of nitrogens with zero attached hydrogens (tertiary/aromatic N) is 2. The molecule has 526 valence electrons. The largest absolute Gasteiger partial charge is 0.309 e. The zero-order valence-corrected chi connectivity index (χ0v) is 63.7. The number of para-hydroxylation sites is 2. The second-order valence-electron chi connectivity index (χ2n) is 30.9. The Morgan fingerprint density at radius 2 is 0.554 bits per heavy atom. The minimum absolute atomic E-state index is 0.0225. The van der Waals surface area contributed by atoms with Gasteiger partial charge in [0.25, 0.3) is 0 Å². The van der Waals surface area contributed by atoms with Crippen molar-refractivity contribution in [2.45, 2.75) is 26.2 Å². The van der Waals surface area contributed by atoms with Crippen molar-refractivity contribution < 1.29 is 0 Å². The summed E-state index contributed by atoms with van der Waals surface area (Å²) in [5.41, 5.74) is 23.7. The Hall–Kier alpha value is -13.5. The fourth-order valence-corrected chi connectivity index (χ4v) is 20.8. The van der Waals surface area contributed by atoms with E-state index in [0.717, 1.165) is 5.69 Å². The second-order valence-corrected chi connectivity index (χ2v) is 33.0. The Balaban J connectivity index is 0.000000137. The Bertz CT molecular complexity index is 7720. The highest BCUT2D eigenvalue weighted by Crippen LogP contribution is 2.50. The van der Waals surface area contributed by atoms with E-state index in [4.69, 9.17) is 0 Å². The molecule has 4 heterocycles. The van der Waals surface area contributed by atoms with E-state index in [1.165, 1.54) is 216 Å². The summed E-state index contributed by atoms with van der Waals surface area (Å²) < 4.78 is 10.2. The molecule has 0 amide bonds. The van der Waals surface area contributed by atoms with Crippen molar-refractivity contribution in [3.63, 3.8) is 0 Å². The molecule has 4 aromatic heterocycles. The van der Waals surface area contributed by atoms with Crippen LogP contribution in [0.5, 0.6) is 0 Å². The van der Waals surface area contributed by atoms with E-state index in [-0.39, 0.29) is 5.41 Å². The molecule has 0 N–H and O–H groups in total. The van der Waals surface area contributed by atoms with Gasteiger partial charge in [0.1, 0.15) is 0 Å². The summed E-state index contributed by atoms with van der Waals surface area (Å²) >= 11 is 3.78. The van der Waals surface area contributed by atoms with Crippen LogP contribution in [0.25, 0.3) is 216 Å². The van der Waals surface area contributed by atoms with Crippen LogP contribution in [0.2, 0.25) is 0 Å². The molecule has 19 aromatic carbocycles. The van der Waals surface area contributed by atoms with Crippen LogP contribution < -0.4 is 0 Å². The van der Waals surface area contributed by atoms with E-state index in [9.17, 15) is 0 Å². The van der Waals surface area contributed by atoms with Gasteiger partial charge >= 0.3 is 0 Å². The van der Waals surface area contributed by atoms with Gasteiger partial charge in [0.15, 0.2) is 0 Å². The molecule has 0 saturated heterocycles. The Kier molecular flexibility index (Phi) is 15.3. The van der Waals surface area contributed by atoms with Crippen molar-refractivity contribution in [3.8, 4) is 78.1 Å². The summed E-state index contributed by atoms with van der Waals surface area (Å²) in [7, 11) is 0. The molecule has 0 atom stereocenters. The number of benzene rings is 19. The van der Waals surface area contributed by atoms with E-state index < -0.39 is 0 Å². The van der Waals surface area contributed by atoms with E-state index in [2.05, 4.69) is 412 Å². The van der Waals surface area contributed by atoms with Gasteiger partial charge in [0.05, 0.1) is 22.1 Å². The SMILES string of the molecule is CC(C)(C)c1ccc2c(-c3ccccc3)c3ccccc3c(-c3ccc(-n4c5ccccc5c5cc(-c6cccc7c6sc6ccccc67)ccc54)cc3)c2c1.c1ccc(-c2c3ccccc3c(-c3ccc4cc(-n5c6ccccc6c6cc(-c7cccc8c7sc7ccccc78)ccc65)ccc4c3)c3ccccc23)cc1. The third kappa shape index (κ3) is 10.6. The molecule has 0 fully saturated rings. The van der Waals surface area contributed by atoms with Gasteiger partial charge in [-0.3, -0.25) is 0 Å². The van der Waals surface area contributed by atoms with Crippen molar-refractivity contribution in [2.75, 3.05) is 0 Å². The van der Waals surface area contributed by atoms with Gasteiger partial charge in [0.2, 0.25) is 0 Å². The van der Waals surface area contributed by atoms with Gasteiger partial charge in [-0.25, -0.2) is 0 Å². The molecule has 0 aliphatic heterocycles.